The number of Topliss-reactive ketones (excluding diaryl/α,β-unsaturated/α-hetero) is 1. The standard InChI is InChI=1S/C17H16N2O4S/c1-10-15-9-14(7-8-16(15)18-17(10)21)24(22,23)19-13-5-3-12(4-6-13)11(2)20/h3-10,19H,1-2H3,(H,18,21)/t10-/m0/s1. The van der Waals surface area contributed by atoms with E-state index >= 15 is 0 Å². The fourth-order valence-electron chi connectivity index (χ4n) is 2.55. The van der Waals surface area contributed by atoms with Crippen molar-refractivity contribution in [1.82, 2.24) is 0 Å². The maximum Gasteiger partial charge on any atom is 0.261 e. The molecule has 0 spiro atoms. The molecule has 0 unspecified atom stereocenters. The first-order valence-corrected chi connectivity index (χ1v) is 8.85. The van der Waals surface area contributed by atoms with E-state index in [2.05, 4.69) is 10.0 Å². The Morgan fingerprint density at radius 1 is 1.12 bits per heavy atom. The third-order valence-corrected chi connectivity index (χ3v) is 5.37. The van der Waals surface area contributed by atoms with Crippen LogP contribution in [0.2, 0.25) is 0 Å². The lowest BCUT2D eigenvalue weighted by molar-refractivity contribution is -0.116. The summed E-state index contributed by atoms with van der Waals surface area (Å²) in [7, 11) is -3.78. The molecule has 2 N–H and O–H groups in total. The first kappa shape index (κ1) is 16.2. The predicted molar refractivity (Wildman–Crippen MR) is 90.7 cm³/mol. The minimum Gasteiger partial charge on any atom is -0.325 e. The average molecular weight is 344 g/mol. The number of rotatable bonds is 4. The van der Waals surface area contributed by atoms with Gasteiger partial charge in [0, 0.05) is 16.9 Å². The Morgan fingerprint density at radius 3 is 2.42 bits per heavy atom. The maximum atomic E-state index is 12.5. The number of benzene rings is 2. The summed E-state index contributed by atoms with van der Waals surface area (Å²) in [6.07, 6.45) is 0. The molecule has 0 saturated heterocycles. The molecule has 0 fully saturated rings. The van der Waals surface area contributed by atoms with Crippen LogP contribution in [0.4, 0.5) is 11.4 Å². The Morgan fingerprint density at radius 2 is 1.79 bits per heavy atom. The minimum absolute atomic E-state index is 0.0836. The van der Waals surface area contributed by atoms with E-state index in [1.165, 1.54) is 31.2 Å². The zero-order chi connectivity index (χ0) is 17.5. The molecule has 0 radical (unpaired) electrons. The van der Waals surface area contributed by atoms with E-state index in [-0.39, 0.29) is 22.5 Å². The van der Waals surface area contributed by atoms with E-state index in [1.807, 2.05) is 0 Å². The second-order valence-corrected chi connectivity index (χ2v) is 7.38. The van der Waals surface area contributed by atoms with Crippen molar-refractivity contribution in [2.75, 3.05) is 10.0 Å². The number of hydrogen-bond donors (Lipinski definition) is 2. The van der Waals surface area contributed by atoms with Crippen LogP contribution in [0.25, 0.3) is 0 Å². The smallest absolute Gasteiger partial charge is 0.261 e. The Bertz CT molecular complexity index is 934. The molecule has 2 aromatic carbocycles. The number of sulfonamides is 1. The molecule has 1 heterocycles. The lowest BCUT2D eigenvalue weighted by Gasteiger charge is -2.10. The predicted octanol–water partition coefficient (Wildman–Crippen LogP) is 2.75. The molecule has 1 aliphatic heterocycles. The number of ketones is 1. The van der Waals surface area contributed by atoms with Crippen molar-refractivity contribution in [3.05, 3.63) is 53.6 Å². The molecule has 7 heteroatoms. The van der Waals surface area contributed by atoms with Crippen molar-refractivity contribution in [3.8, 4) is 0 Å². The lowest BCUT2D eigenvalue weighted by Crippen LogP contribution is -2.13. The molecule has 24 heavy (non-hydrogen) atoms. The van der Waals surface area contributed by atoms with Gasteiger partial charge in [-0.15, -0.1) is 0 Å². The number of carbonyl (C=O) groups is 2. The number of carbonyl (C=O) groups excluding carboxylic acids is 2. The summed E-state index contributed by atoms with van der Waals surface area (Å²) in [5, 5.41) is 2.71. The van der Waals surface area contributed by atoms with Crippen molar-refractivity contribution in [3.63, 3.8) is 0 Å². The molecular formula is C17H16N2O4S. The van der Waals surface area contributed by atoms with E-state index in [1.54, 1.807) is 25.1 Å². The average Bonchev–Trinajstić information content (AvgIpc) is 2.82. The number of fused-ring (bicyclic) bond motifs is 1. The summed E-state index contributed by atoms with van der Waals surface area (Å²) in [5.41, 5.74) is 2.17. The first-order chi connectivity index (χ1) is 11.3. The molecular weight excluding hydrogens is 328 g/mol. The minimum atomic E-state index is -3.78. The monoisotopic (exact) mass is 344 g/mol. The largest absolute Gasteiger partial charge is 0.325 e. The van der Waals surface area contributed by atoms with Crippen LogP contribution in [0.1, 0.15) is 35.7 Å². The van der Waals surface area contributed by atoms with Crippen LogP contribution in [0.5, 0.6) is 0 Å². The quantitative estimate of drug-likeness (QED) is 0.834. The molecule has 6 nitrogen and oxygen atoms in total. The number of anilines is 2. The molecule has 3 rings (SSSR count). The van der Waals surface area contributed by atoms with Gasteiger partial charge in [-0.3, -0.25) is 14.3 Å². The van der Waals surface area contributed by atoms with Gasteiger partial charge in [0.15, 0.2) is 5.78 Å². The van der Waals surface area contributed by atoms with Gasteiger partial charge in [0.1, 0.15) is 0 Å². The highest BCUT2D eigenvalue weighted by Crippen LogP contribution is 2.34. The summed E-state index contributed by atoms with van der Waals surface area (Å²) in [5.74, 6) is -0.619. The normalized spacial score (nSPS) is 16.4. The molecule has 2 aromatic rings. The summed E-state index contributed by atoms with van der Waals surface area (Å²) < 4.78 is 27.5. The van der Waals surface area contributed by atoms with Crippen LogP contribution in [-0.4, -0.2) is 20.1 Å². The van der Waals surface area contributed by atoms with Crippen LogP contribution in [0, 0.1) is 0 Å². The van der Waals surface area contributed by atoms with Gasteiger partial charge in [0.2, 0.25) is 5.91 Å². The fraction of sp³-hybridized carbons (Fsp3) is 0.176. The van der Waals surface area contributed by atoms with Gasteiger partial charge in [0.05, 0.1) is 10.8 Å². The van der Waals surface area contributed by atoms with Gasteiger partial charge in [-0.1, -0.05) is 0 Å². The molecule has 0 aromatic heterocycles. The molecule has 0 bridgehead atoms. The highest BCUT2D eigenvalue weighted by Gasteiger charge is 2.28. The van der Waals surface area contributed by atoms with Crippen LogP contribution < -0.4 is 10.0 Å². The summed E-state index contributed by atoms with van der Waals surface area (Å²) >= 11 is 0. The van der Waals surface area contributed by atoms with Gasteiger partial charge >= 0.3 is 0 Å². The number of hydrogen-bond acceptors (Lipinski definition) is 4. The third-order valence-electron chi connectivity index (χ3n) is 3.99. The molecule has 0 saturated carbocycles. The molecule has 1 amide bonds. The van der Waals surface area contributed by atoms with Crippen LogP contribution >= 0.6 is 0 Å². The lowest BCUT2D eigenvalue weighted by atomic mass is 10.0. The number of amides is 1. The second kappa shape index (κ2) is 5.76. The SMILES string of the molecule is CC(=O)c1ccc(NS(=O)(=O)c2ccc3c(c2)[C@H](C)C(=O)N3)cc1. The Kier molecular flexibility index (Phi) is 3.88. The van der Waals surface area contributed by atoms with Gasteiger partial charge < -0.3 is 5.32 Å². The van der Waals surface area contributed by atoms with Crippen molar-refractivity contribution < 1.29 is 18.0 Å². The van der Waals surface area contributed by atoms with Crippen molar-refractivity contribution in [2.45, 2.75) is 24.7 Å². The zero-order valence-electron chi connectivity index (χ0n) is 13.2. The summed E-state index contributed by atoms with van der Waals surface area (Å²) in [6.45, 7) is 3.17. The number of nitrogens with one attached hydrogen (secondary N) is 2. The van der Waals surface area contributed by atoms with Gasteiger partial charge in [-0.05, 0) is 61.9 Å². The van der Waals surface area contributed by atoms with Crippen molar-refractivity contribution >= 4 is 33.1 Å². The van der Waals surface area contributed by atoms with E-state index in [0.717, 1.165) is 0 Å². The Balaban J connectivity index is 1.89. The van der Waals surface area contributed by atoms with Crippen molar-refractivity contribution in [1.29, 1.82) is 0 Å². The Hall–Kier alpha value is -2.67. The van der Waals surface area contributed by atoms with E-state index in [4.69, 9.17) is 0 Å². The molecule has 1 atom stereocenters. The first-order valence-electron chi connectivity index (χ1n) is 7.36. The van der Waals surface area contributed by atoms with E-state index in [9.17, 15) is 18.0 Å². The highest BCUT2D eigenvalue weighted by molar-refractivity contribution is 7.92. The fourth-order valence-corrected chi connectivity index (χ4v) is 3.64. The second-order valence-electron chi connectivity index (χ2n) is 5.70. The van der Waals surface area contributed by atoms with E-state index < -0.39 is 10.0 Å². The molecule has 0 aliphatic carbocycles. The highest BCUT2D eigenvalue weighted by atomic mass is 32.2. The maximum absolute atomic E-state index is 12.5. The van der Waals surface area contributed by atoms with Crippen LogP contribution in [0.15, 0.2) is 47.4 Å². The van der Waals surface area contributed by atoms with Gasteiger partial charge in [-0.2, -0.15) is 0 Å². The summed E-state index contributed by atoms with van der Waals surface area (Å²) in [4.78, 5) is 23.0. The summed E-state index contributed by atoms with van der Waals surface area (Å²) in [6, 6.07) is 10.7. The van der Waals surface area contributed by atoms with Gasteiger partial charge in [0.25, 0.3) is 10.0 Å². The van der Waals surface area contributed by atoms with Crippen LogP contribution in [-0.2, 0) is 14.8 Å². The van der Waals surface area contributed by atoms with E-state index in [0.29, 0.717) is 22.5 Å². The van der Waals surface area contributed by atoms with Crippen LogP contribution in [0.3, 0.4) is 0 Å². The zero-order valence-corrected chi connectivity index (χ0v) is 14.0. The Labute approximate surface area is 139 Å². The van der Waals surface area contributed by atoms with Crippen molar-refractivity contribution in [2.24, 2.45) is 0 Å². The molecule has 124 valence electrons. The molecule has 1 aliphatic rings. The topological polar surface area (TPSA) is 92.3 Å². The van der Waals surface area contributed by atoms with Gasteiger partial charge in [-0.25, -0.2) is 8.42 Å². The third kappa shape index (κ3) is 2.90.